The second-order valence-corrected chi connectivity index (χ2v) is 6.15. The fourth-order valence-corrected chi connectivity index (χ4v) is 2.78. The van der Waals surface area contributed by atoms with Crippen LogP contribution in [0.15, 0.2) is 48.5 Å². The summed E-state index contributed by atoms with van der Waals surface area (Å²) in [5.74, 6) is -1.29. The number of hydrogen-bond donors (Lipinski definition) is 3. The van der Waals surface area contributed by atoms with Gasteiger partial charge in [0.15, 0.2) is 0 Å². The lowest BCUT2D eigenvalue weighted by Crippen LogP contribution is -2.51. The maximum absolute atomic E-state index is 12.0. The first kappa shape index (κ1) is 16.2. The molecule has 1 saturated carbocycles. The molecule has 1 aliphatic carbocycles. The molecule has 3 rings (SSSR count). The van der Waals surface area contributed by atoms with Gasteiger partial charge in [0.1, 0.15) is 5.60 Å². The van der Waals surface area contributed by atoms with Crippen molar-refractivity contribution in [3.8, 4) is 11.1 Å². The summed E-state index contributed by atoms with van der Waals surface area (Å²) in [6.07, 6.45) is 1.90. The molecule has 124 valence electrons. The molecule has 2 aromatic rings. The highest BCUT2D eigenvalue weighted by atomic mass is 16.4. The average Bonchev–Trinajstić information content (AvgIpc) is 2.58. The third-order valence-electron chi connectivity index (χ3n) is 4.43. The maximum atomic E-state index is 12.0. The standard InChI is InChI=1S/C19H19NO4/c21-17(22)16-7-2-6-15(11-16)14-5-1-4-13(10-14)12-20-18(23)19(24)8-3-9-19/h1-2,4-7,10-11,24H,3,8-9,12H2,(H,20,23)(H,21,22). The van der Waals surface area contributed by atoms with Crippen LogP contribution in [0.4, 0.5) is 0 Å². The van der Waals surface area contributed by atoms with Gasteiger partial charge in [0.2, 0.25) is 0 Å². The van der Waals surface area contributed by atoms with Gasteiger partial charge in [-0.1, -0.05) is 30.3 Å². The van der Waals surface area contributed by atoms with Crippen molar-refractivity contribution >= 4 is 11.9 Å². The van der Waals surface area contributed by atoms with Crippen molar-refractivity contribution in [3.05, 3.63) is 59.7 Å². The SMILES string of the molecule is O=C(O)c1cccc(-c2cccc(CNC(=O)C3(O)CCC3)c2)c1. The van der Waals surface area contributed by atoms with Crippen molar-refractivity contribution in [2.24, 2.45) is 0 Å². The van der Waals surface area contributed by atoms with Crippen LogP contribution in [0.1, 0.15) is 35.2 Å². The number of carbonyl (C=O) groups is 2. The van der Waals surface area contributed by atoms with Crippen LogP contribution >= 0.6 is 0 Å². The van der Waals surface area contributed by atoms with Gasteiger partial charge in [-0.05, 0) is 54.2 Å². The van der Waals surface area contributed by atoms with Gasteiger partial charge in [0, 0.05) is 6.54 Å². The van der Waals surface area contributed by atoms with Gasteiger partial charge in [-0.15, -0.1) is 0 Å². The number of rotatable bonds is 5. The van der Waals surface area contributed by atoms with Crippen molar-refractivity contribution < 1.29 is 19.8 Å². The van der Waals surface area contributed by atoms with Gasteiger partial charge in [0.05, 0.1) is 5.56 Å². The van der Waals surface area contributed by atoms with E-state index < -0.39 is 11.6 Å². The van der Waals surface area contributed by atoms with Crippen LogP contribution in [-0.2, 0) is 11.3 Å². The Morgan fingerprint density at radius 3 is 2.33 bits per heavy atom. The summed E-state index contributed by atoms with van der Waals surface area (Å²) in [4.78, 5) is 23.1. The number of hydrogen-bond acceptors (Lipinski definition) is 3. The van der Waals surface area contributed by atoms with E-state index in [1.807, 2.05) is 30.3 Å². The van der Waals surface area contributed by atoms with E-state index in [0.29, 0.717) is 19.4 Å². The number of aliphatic hydroxyl groups is 1. The molecule has 0 saturated heterocycles. The first-order chi connectivity index (χ1) is 11.5. The Morgan fingerprint density at radius 1 is 1.04 bits per heavy atom. The van der Waals surface area contributed by atoms with E-state index in [1.54, 1.807) is 18.2 Å². The molecule has 0 radical (unpaired) electrons. The molecule has 3 N–H and O–H groups in total. The Labute approximate surface area is 139 Å². The predicted octanol–water partition coefficient (Wildman–Crippen LogP) is 2.58. The van der Waals surface area contributed by atoms with E-state index in [0.717, 1.165) is 23.1 Å². The Bertz CT molecular complexity index is 780. The van der Waals surface area contributed by atoms with Gasteiger partial charge < -0.3 is 15.5 Å². The van der Waals surface area contributed by atoms with Gasteiger partial charge in [-0.2, -0.15) is 0 Å². The molecular formula is C19H19NO4. The van der Waals surface area contributed by atoms with Crippen LogP contribution < -0.4 is 5.32 Å². The smallest absolute Gasteiger partial charge is 0.335 e. The molecule has 0 bridgehead atoms. The molecule has 5 nitrogen and oxygen atoms in total. The van der Waals surface area contributed by atoms with Crippen LogP contribution in [0.5, 0.6) is 0 Å². The number of carboxylic acid groups (broad SMARTS) is 1. The summed E-state index contributed by atoms with van der Waals surface area (Å²) in [7, 11) is 0. The quantitative estimate of drug-likeness (QED) is 0.788. The largest absolute Gasteiger partial charge is 0.478 e. The minimum atomic E-state index is -1.20. The van der Waals surface area contributed by atoms with Gasteiger partial charge in [0.25, 0.3) is 5.91 Å². The maximum Gasteiger partial charge on any atom is 0.335 e. The van der Waals surface area contributed by atoms with Crippen LogP contribution in [0.25, 0.3) is 11.1 Å². The highest BCUT2D eigenvalue weighted by Crippen LogP contribution is 2.31. The molecule has 0 unspecified atom stereocenters. The van der Waals surface area contributed by atoms with E-state index in [2.05, 4.69) is 5.32 Å². The van der Waals surface area contributed by atoms with Gasteiger partial charge in [-0.25, -0.2) is 4.79 Å². The third-order valence-corrected chi connectivity index (χ3v) is 4.43. The summed E-state index contributed by atoms with van der Waals surface area (Å²) in [6, 6.07) is 14.3. The number of amides is 1. The van der Waals surface area contributed by atoms with E-state index in [4.69, 9.17) is 5.11 Å². The zero-order valence-corrected chi connectivity index (χ0v) is 13.2. The number of nitrogens with one attached hydrogen (secondary N) is 1. The van der Waals surface area contributed by atoms with Crippen molar-refractivity contribution in [2.45, 2.75) is 31.4 Å². The molecule has 0 aliphatic heterocycles. The van der Waals surface area contributed by atoms with E-state index >= 15 is 0 Å². The lowest BCUT2D eigenvalue weighted by atomic mass is 9.79. The van der Waals surface area contributed by atoms with Crippen molar-refractivity contribution in [1.29, 1.82) is 0 Å². The lowest BCUT2D eigenvalue weighted by molar-refractivity contribution is -0.148. The summed E-state index contributed by atoms with van der Waals surface area (Å²) in [5, 5.41) is 21.9. The Balaban J connectivity index is 1.73. The van der Waals surface area contributed by atoms with E-state index in [1.165, 1.54) is 0 Å². The fraction of sp³-hybridized carbons (Fsp3) is 0.263. The number of aromatic carboxylic acids is 1. The number of carboxylic acids is 1. The van der Waals surface area contributed by atoms with E-state index in [-0.39, 0.29) is 11.5 Å². The van der Waals surface area contributed by atoms with E-state index in [9.17, 15) is 14.7 Å². The molecule has 5 heteroatoms. The molecule has 1 amide bonds. The minimum Gasteiger partial charge on any atom is -0.478 e. The predicted molar refractivity (Wildman–Crippen MR) is 89.5 cm³/mol. The first-order valence-corrected chi connectivity index (χ1v) is 7.91. The highest BCUT2D eigenvalue weighted by molar-refractivity contribution is 5.89. The highest BCUT2D eigenvalue weighted by Gasteiger charge is 2.41. The molecule has 2 aromatic carbocycles. The lowest BCUT2D eigenvalue weighted by Gasteiger charge is -2.34. The van der Waals surface area contributed by atoms with Crippen LogP contribution in [-0.4, -0.2) is 27.7 Å². The van der Waals surface area contributed by atoms with Crippen molar-refractivity contribution in [3.63, 3.8) is 0 Å². The van der Waals surface area contributed by atoms with Gasteiger partial charge in [-0.3, -0.25) is 4.79 Å². The monoisotopic (exact) mass is 325 g/mol. The zero-order valence-electron chi connectivity index (χ0n) is 13.2. The summed E-state index contributed by atoms with van der Waals surface area (Å²) < 4.78 is 0. The Hall–Kier alpha value is -2.66. The van der Waals surface area contributed by atoms with Crippen LogP contribution in [0, 0.1) is 0 Å². The van der Waals surface area contributed by atoms with Crippen LogP contribution in [0.3, 0.4) is 0 Å². The second kappa shape index (κ2) is 6.45. The Morgan fingerprint density at radius 2 is 1.71 bits per heavy atom. The average molecular weight is 325 g/mol. The van der Waals surface area contributed by atoms with Crippen LogP contribution in [0.2, 0.25) is 0 Å². The molecule has 1 aliphatic rings. The first-order valence-electron chi connectivity index (χ1n) is 7.91. The third kappa shape index (κ3) is 3.31. The molecule has 1 fully saturated rings. The zero-order chi connectivity index (χ0) is 17.2. The molecule has 0 atom stereocenters. The molecule has 0 aromatic heterocycles. The normalized spacial score (nSPS) is 15.4. The van der Waals surface area contributed by atoms with Crippen molar-refractivity contribution in [1.82, 2.24) is 5.32 Å². The molecular weight excluding hydrogens is 306 g/mol. The molecule has 0 heterocycles. The molecule has 24 heavy (non-hydrogen) atoms. The molecule has 0 spiro atoms. The Kier molecular flexibility index (Phi) is 4.36. The second-order valence-electron chi connectivity index (χ2n) is 6.15. The number of carbonyl (C=O) groups excluding carboxylic acids is 1. The minimum absolute atomic E-state index is 0.235. The summed E-state index contributed by atoms with van der Waals surface area (Å²) >= 11 is 0. The topological polar surface area (TPSA) is 86.6 Å². The van der Waals surface area contributed by atoms with Gasteiger partial charge >= 0.3 is 5.97 Å². The summed E-state index contributed by atoms with van der Waals surface area (Å²) in [6.45, 7) is 0.327. The summed E-state index contributed by atoms with van der Waals surface area (Å²) in [5.41, 5.74) is 1.61. The van der Waals surface area contributed by atoms with Crippen molar-refractivity contribution in [2.75, 3.05) is 0 Å². The number of benzene rings is 2. The fourth-order valence-electron chi connectivity index (χ4n) is 2.78.